The van der Waals surface area contributed by atoms with E-state index in [1.54, 1.807) is 6.07 Å². The van der Waals surface area contributed by atoms with Gasteiger partial charge in [0, 0.05) is 24.2 Å². The first-order chi connectivity index (χ1) is 21.8. The van der Waals surface area contributed by atoms with Crippen LogP contribution in [0.1, 0.15) is 16.8 Å². The van der Waals surface area contributed by atoms with E-state index < -0.39 is 23.9 Å². The van der Waals surface area contributed by atoms with Gasteiger partial charge in [0.25, 0.3) is 11.8 Å². The average molecular weight is 616 g/mol. The van der Waals surface area contributed by atoms with Crippen molar-refractivity contribution in [2.45, 2.75) is 12.3 Å². The molecule has 0 saturated carbocycles. The van der Waals surface area contributed by atoms with Gasteiger partial charge in [-0.2, -0.15) is 18.3 Å². The normalized spacial score (nSPS) is 16.9. The van der Waals surface area contributed by atoms with E-state index in [0.29, 0.717) is 54.8 Å². The van der Waals surface area contributed by atoms with Gasteiger partial charge in [0.1, 0.15) is 17.1 Å². The molecule has 5 aromatic rings. The van der Waals surface area contributed by atoms with Gasteiger partial charge >= 0.3 is 12.2 Å². The quantitative estimate of drug-likeness (QED) is 0.285. The van der Waals surface area contributed by atoms with Gasteiger partial charge in [0.15, 0.2) is 0 Å². The molecule has 0 radical (unpaired) electrons. The number of rotatable bonds is 6. The van der Waals surface area contributed by atoms with Crippen LogP contribution >= 0.6 is 0 Å². The number of aromatic nitrogens is 5. The third kappa shape index (κ3) is 5.60. The number of carbonyl (C=O) groups is 1. The summed E-state index contributed by atoms with van der Waals surface area (Å²) in [5.41, 5.74) is 2.52. The first-order valence-electron chi connectivity index (χ1n) is 13.9. The number of ether oxygens (including phenoxy) is 1. The maximum absolute atomic E-state index is 13.3. The molecular weight excluding hydrogens is 591 g/mol. The molecule has 2 aromatic carbocycles. The van der Waals surface area contributed by atoms with Crippen LogP contribution in [-0.2, 0) is 15.7 Å². The minimum Gasteiger partial charge on any atom is -0.403 e. The van der Waals surface area contributed by atoms with Gasteiger partial charge in [-0.3, -0.25) is 4.79 Å². The molecular formula is C30H24F3N9O3. The van der Waals surface area contributed by atoms with Gasteiger partial charge in [-0.05, 0) is 18.2 Å². The molecule has 2 aliphatic heterocycles. The van der Waals surface area contributed by atoms with E-state index in [0.717, 1.165) is 23.4 Å². The Hall–Kier alpha value is -5.57. The lowest BCUT2D eigenvalue weighted by atomic mass is 10.0. The topological polar surface area (TPSA) is 136 Å². The zero-order valence-electron chi connectivity index (χ0n) is 23.4. The van der Waals surface area contributed by atoms with Gasteiger partial charge < -0.3 is 24.7 Å². The predicted molar refractivity (Wildman–Crippen MR) is 157 cm³/mol. The highest BCUT2D eigenvalue weighted by Crippen LogP contribution is 2.35. The van der Waals surface area contributed by atoms with Crippen LogP contribution in [-0.4, -0.2) is 69.0 Å². The molecule has 0 spiro atoms. The van der Waals surface area contributed by atoms with Crippen molar-refractivity contribution in [2.75, 3.05) is 41.8 Å². The Morgan fingerprint density at radius 1 is 0.911 bits per heavy atom. The number of amides is 1. The second-order valence-electron chi connectivity index (χ2n) is 10.1. The van der Waals surface area contributed by atoms with Gasteiger partial charge in [0.2, 0.25) is 6.17 Å². The van der Waals surface area contributed by atoms with Crippen molar-refractivity contribution in [3.63, 3.8) is 0 Å². The summed E-state index contributed by atoms with van der Waals surface area (Å²) in [6, 6.07) is 19.0. The molecule has 1 amide bonds. The summed E-state index contributed by atoms with van der Waals surface area (Å²) in [6.45, 7) is 1.86. The molecule has 2 N–H and O–H groups in total. The number of halogens is 3. The summed E-state index contributed by atoms with van der Waals surface area (Å²) in [5.74, 6) is 0.168. The summed E-state index contributed by atoms with van der Waals surface area (Å²) in [4.78, 5) is 23.6. The first kappa shape index (κ1) is 28.2. The van der Waals surface area contributed by atoms with Crippen LogP contribution in [0.4, 0.5) is 30.7 Å². The van der Waals surface area contributed by atoms with E-state index >= 15 is 0 Å². The molecule has 15 heteroatoms. The lowest BCUT2D eigenvalue weighted by Crippen LogP contribution is -2.37. The van der Waals surface area contributed by atoms with Crippen LogP contribution in [0.15, 0.2) is 88.5 Å². The highest BCUT2D eigenvalue weighted by molar-refractivity contribution is 6.19. The van der Waals surface area contributed by atoms with Gasteiger partial charge in [-0.15, -0.1) is 5.10 Å². The number of alkyl halides is 3. The number of nitrogens with zero attached hydrogens (tertiary/aromatic N) is 7. The minimum atomic E-state index is -4.57. The van der Waals surface area contributed by atoms with Crippen LogP contribution < -0.4 is 15.5 Å². The highest BCUT2D eigenvalue weighted by Gasteiger charge is 2.33. The SMILES string of the molecule is O=C1Nc2ccccc2C(c2ccccc2)=N[C@@H]1Nc1nnc(-c2cnn(-c3ccc(C(F)(F)F)nc3)c2N2CCOCC2)o1. The Morgan fingerprint density at radius 2 is 1.69 bits per heavy atom. The maximum atomic E-state index is 13.3. The predicted octanol–water partition coefficient (Wildman–Crippen LogP) is 4.40. The molecule has 0 bridgehead atoms. The number of hydrogen-bond acceptors (Lipinski definition) is 10. The lowest BCUT2D eigenvalue weighted by Gasteiger charge is -2.29. The van der Waals surface area contributed by atoms with E-state index in [1.165, 1.54) is 16.9 Å². The average Bonchev–Trinajstić information content (AvgIpc) is 3.68. The standard InChI is InChI=1S/C30H24F3N9O3/c31-30(32,33)23-11-10-19(16-34-23)42-28(41-12-14-44-15-13-41)21(17-35-42)27-39-40-29(45-27)38-25-26(43)36-22-9-5-4-8-20(22)24(37-25)18-6-2-1-3-7-18/h1-11,16-17,25H,12-15H2,(H,36,43)(H,38,40)/t25-/m1/s1. The maximum Gasteiger partial charge on any atom is 0.433 e. The van der Waals surface area contributed by atoms with Crippen LogP contribution in [0.5, 0.6) is 0 Å². The fourth-order valence-corrected chi connectivity index (χ4v) is 5.13. The van der Waals surface area contributed by atoms with E-state index in [9.17, 15) is 18.0 Å². The van der Waals surface area contributed by atoms with Crippen molar-refractivity contribution in [2.24, 2.45) is 4.99 Å². The number of aliphatic imine (C=N–C) groups is 1. The van der Waals surface area contributed by atoms with Crippen molar-refractivity contribution in [1.29, 1.82) is 0 Å². The number of fused-ring (bicyclic) bond motifs is 1. The number of nitrogens with one attached hydrogen (secondary N) is 2. The number of hydrogen-bond donors (Lipinski definition) is 2. The summed E-state index contributed by atoms with van der Waals surface area (Å²) in [6.07, 6.45) is -3.09. The second kappa shape index (κ2) is 11.5. The monoisotopic (exact) mass is 615 g/mol. The molecule has 1 saturated heterocycles. The van der Waals surface area contributed by atoms with E-state index in [2.05, 4.69) is 30.9 Å². The molecule has 45 heavy (non-hydrogen) atoms. The fraction of sp³-hybridized carbons (Fsp3) is 0.200. The van der Waals surface area contributed by atoms with Crippen molar-refractivity contribution < 1.29 is 27.1 Å². The molecule has 0 aliphatic carbocycles. The number of anilines is 3. The Bertz CT molecular complexity index is 1860. The first-order valence-corrected chi connectivity index (χ1v) is 13.9. The van der Waals surface area contributed by atoms with Crippen molar-refractivity contribution >= 4 is 29.1 Å². The minimum absolute atomic E-state index is 0.0656. The number of para-hydroxylation sites is 1. The zero-order chi connectivity index (χ0) is 31.0. The number of pyridine rings is 1. The zero-order valence-corrected chi connectivity index (χ0v) is 23.4. The molecule has 228 valence electrons. The third-order valence-corrected chi connectivity index (χ3v) is 7.25. The smallest absolute Gasteiger partial charge is 0.403 e. The van der Waals surface area contributed by atoms with E-state index in [-0.39, 0.29) is 11.9 Å². The van der Waals surface area contributed by atoms with Gasteiger partial charge in [0.05, 0.1) is 42.7 Å². The molecule has 7 rings (SSSR count). The Balaban J connectivity index is 1.22. The molecule has 3 aromatic heterocycles. The Labute approximate surface area is 253 Å². The molecule has 5 heterocycles. The molecule has 12 nitrogen and oxygen atoms in total. The third-order valence-electron chi connectivity index (χ3n) is 7.25. The van der Waals surface area contributed by atoms with E-state index in [4.69, 9.17) is 14.1 Å². The Kier molecular flexibility index (Phi) is 7.21. The number of benzodiazepines with no additional fused rings is 1. The van der Waals surface area contributed by atoms with Crippen molar-refractivity contribution in [3.8, 4) is 17.1 Å². The van der Waals surface area contributed by atoms with Crippen LogP contribution in [0.2, 0.25) is 0 Å². The molecule has 2 aliphatic rings. The summed E-state index contributed by atoms with van der Waals surface area (Å²) >= 11 is 0. The molecule has 1 fully saturated rings. The second-order valence-corrected chi connectivity index (χ2v) is 10.1. The number of morpholine rings is 1. The van der Waals surface area contributed by atoms with Gasteiger partial charge in [-0.1, -0.05) is 53.6 Å². The van der Waals surface area contributed by atoms with Crippen LogP contribution in [0.3, 0.4) is 0 Å². The van der Waals surface area contributed by atoms with Crippen molar-refractivity contribution in [3.05, 3.63) is 95.9 Å². The van der Waals surface area contributed by atoms with Gasteiger partial charge in [-0.25, -0.2) is 14.7 Å². The highest BCUT2D eigenvalue weighted by atomic mass is 19.4. The van der Waals surface area contributed by atoms with Crippen molar-refractivity contribution in [1.82, 2.24) is 25.0 Å². The largest absolute Gasteiger partial charge is 0.433 e. The number of carbonyl (C=O) groups excluding carboxylic acids is 1. The van der Waals surface area contributed by atoms with Crippen LogP contribution in [0, 0.1) is 0 Å². The molecule has 0 unspecified atom stereocenters. The van der Waals surface area contributed by atoms with Crippen LogP contribution in [0.25, 0.3) is 17.1 Å². The van der Waals surface area contributed by atoms with E-state index in [1.807, 2.05) is 53.4 Å². The summed E-state index contributed by atoms with van der Waals surface area (Å²) in [5, 5.41) is 18.6. The fourth-order valence-electron chi connectivity index (χ4n) is 5.13. The summed E-state index contributed by atoms with van der Waals surface area (Å²) in [7, 11) is 0. The Morgan fingerprint density at radius 3 is 2.44 bits per heavy atom. The summed E-state index contributed by atoms with van der Waals surface area (Å²) < 4.78 is 52.3. The molecule has 1 atom stereocenters. The number of benzene rings is 2. The lowest BCUT2D eigenvalue weighted by molar-refractivity contribution is -0.141.